The number of hydrogen-bond acceptors (Lipinski definition) is 3. The van der Waals surface area contributed by atoms with Crippen LogP contribution in [0.2, 0.25) is 0 Å². The van der Waals surface area contributed by atoms with Crippen molar-refractivity contribution in [2.45, 2.75) is 11.8 Å². The lowest BCUT2D eigenvalue weighted by Crippen LogP contribution is -2.24. The van der Waals surface area contributed by atoms with Gasteiger partial charge in [0.2, 0.25) is 10.0 Å². The third-order valence-corrected chi connectivity index (χ3v) is 3.10. The van der Waals surface area contributed by atoms with E-state index in [0.717, 1.165) is 0 Å². The van der Waals surface area contributed by atoms with Gasteiger partial charge in [0.15, 0.2) is 0 Å². The number of carbonyl (C=O) groups is 1. The van der Waals surface area contributed by atoms with E-state index in [1.165, 1.54) is 18.2 Å². The molecule has 0 fully saturated rings. The summed E-state index contributed by atoms with van der Waals surface area (Å²) in [4.78, 5) is 11.6. The second-order valence-corrected chi connectivity index (χ2v) is 5.08. The summed E-state index contributed by atoms with van der Waals surface area (Å²) in [6.45, 7) is 5.51. The lowest BCUT2D eigenvalue weighted by Gasteiger charge is -2.07. The summed E-state index contributed by atoms with van der Waals surface area (Å²) in [6, 6.07) is 4.18. The highest BCUT2D eigenvalue weighted by molar-refractivity contribution is 7.89. The molecule has 0 aliphatic rings. The molecule has 1 rings (SSSR count). The Morgan fingerprint density at radius 3 is 2.71 bits per heavy atom. The van der Waals surface area contributed by atoms with Crippen molar-refractivity contribution in [2.24, 2.45) is 5.14 Å². The smallest absolute Gasteiger partial charge is 0.251 e. The summed E-state index contributed by atoms with van der Waals surface area (Å²) in [5, 5.41) is 7.58. The lowest BCUT2D eigenvalue weighted by atomic mass is 10.1. The van der Waals surface area contributed by atoms with Crippen molar-refractivity contribution in [1.82, 2.24) is 5.32 Å². The number of benzene rings is 1. The van der Waals surface area contributed by atoms with Crippen molar-refractivity contribution in [3.8, 4) is 0 Å². The van der Waals surface area contributed by atoms with Crippen LogP contribution < -0.4 is 10.5 Å². The second kappa shape index (κ2) is 5.11. The molecule has 0 atom stereocenters. The molecule has 1 aromatic carbocycles. The number of sulfonamides is 1. The quantitative estimate of drug-likeness (QED) is 0.769. The lowest BCUT2D eigenvalue weighted by molar-refractivity contribution is 0.0957. The van der Waals surface area contributed by atoms with Gasteiger partial charge in [0.25, 0.3) is 5.91 Å². The average molecular weight is 254 g/mol. The van der Waals surface area contributed by atoms with Gasteiger partial charge < -0.3 is 5.32 Å². The van der Waals surface area contributed by atoms with Crippen molar-refractivity contribution in [2.75, 3.05) is 6.54 Å². The first kappa shape index (κ1) is 13.4. The third kappa shape index (κ3) is 3.40. The molecule has 0 radical (unpaired) electrons. The Balaban J connectivity index is 3.15. The van der Waals surface area contributed by atoms with Gasteiger partial charge >= 0.3 is 0 Å². The van der Waals surface area contributed by atoms with Gasteiger partial charge in [0, 0.05) is 12.1 Å². The normalized spacial score (nSPS) is 10.9. The molecule has 0 unspecified atom stereocenters. The van der Waals surface area contributed by atoms with E-state index in [4.69, 9.17) is 5.14 Å². The number of hydrogen-bond donors (Lipinski definition) is 2. The molecule has 17 heavy (non-hydrogen) atoms. The Morgan fingerprint density at radius 1 is 1.53 bits per heavy atom. The third-order valence-electron chi connectivity index (χ3n) is 2.19. The Morgan fingerprint density at radius 2 is 2.18 bits per heavy atom. The van der Waals surface area contributed by atoms with Crippen LogP contribution >= 0.6 is 0 Å². The van der Waals surface area contributed by atoms with Crippen molar-refractivity contribution < 1.29 is 13.2 Å². The van der Waals surface area contributed by atoms with E-state index in [1.807, 2.05) is 0 Å². The first-order valence-electron chi connectivity index (χ1n) is 4.89. The number of nitrogens with one attached hydrogen (secondary N) is 1. The van der Waals surface area contributed by atoms with Crippen LogP contribution in [0.15, 0.2) is 35.7 Å². The molecule has 5 nitrogen and oxygen atoms in total. The fraction of sp³-hybridized carbons (Fsp3) is 0.182. The summed E-state index contributed by atoms with van der Waals surface area (Å²) in [5.74, 6) is -0.354. The molecule has 1 amide bonds. The molecule has 0 saturated carbocycles. The zero-order chi connectivity index (χ0) is 13.1. The molecule has 0 aliphatic carbocycles. The first-order valence-corrected chi connectivity index (χ1v) is 6.43. The highest BCUT2D eigenvalue weighted by Gasteiger charge is 2.14. The predicted molar refractivity (Wildman–Crippen MR) is 65.1 cm³/mol. The van der Waals surface area contributed by atoms with Crippen molar-refractivity contribution in [3.05, 3.63) is 42.0 Å². The Kier molecular flexibility index (Phi) is 4.03. The molecule has 0 heterocycles. The van der Waals surface area contributed by atoms with E-state index in [1.54, 1.807) is 13.0 Å². The molecule has 92 valence electrons. The maximum absolute atomic E-state index is 11.7. The minimum atomic E-state index is -3.80. The van der Waals surface area contributed by atoms with Gasteiger partial charge in [0.1, 0.15) is 0 Å². The van der Waals surface area contributed by atoms with E-state index in [9.17, 15) is 13.2 Å². The zero-order valence-electron chi connectivity index (χ0n) is 9.43. The highest BCUT2D eigenvalue weighted by Crippen LogP contribution is 2.14. The maximum atomic E-state index is 11.7. The molecular weight excluding hydrogens is 240 g/mol. The number of nitrogens with two attached hydrogens (primary N) is 1. The Hall–Kier alpha value is -1.66. The van der Waals surface area contributed by atoms with E-state index < -0.39 is 10.0 Å². The van der Waals surface area contributed by atoms with Crippen LogP contribution in [0.25, 0.3) is 0 Å². The van der Waals surface area contributed by atoms with E-state index in [-0.39, 0.29) is 10.8 Å². The van der Waals surface area contributed by atoms with Crippen molar-refractivity contribution >= 4 is 15.9 Å². The summed E-state index contributed by atoms with van der Waals surface area (Å²) in [5.41, 5.74) is 0.970. The van der Waals surface area contributed by atoms with Crippen LogP contribution in [0.3, 0.4) is 0 Å². The number of rotatable bonds is 4. The molecule has 0 aromatic heterocycles. The SMILES string of the molecule is C=CCNC(=O)c1cc(S(N)(=O)=O)ccc1C. The van der Waals surface area contributed by atoms with Gasteiger partial charge in [-0.05, 0) is 24.6 Å². The molecule has 0 aliphatic heterocycles. The van der Waals surface area contributed by atoms with Gasteiger partial charge in [0.05, 0.1) is 4.90 Å². The van der Waals surface area contributed by atoms with Crippen LogP contribution in [0, 0.1) is 6.92 Å². The average Bonchev–Trinajstić information content (AvgIpc) is 2.24. The summed E-state index contributed by atoms with van der Waals surface area (Å²) in [7, 11) is -3.80. The van der Waals surface area contributed by atoms with Crippen LogP contribution in [0.5, 0.6) is 0 Å². The van der Waals surface area contributed by atoms with Gasteiger partial charge in [-0.2, -0.15) is 0 Å². The summed E-state index contributed by atoms with van der Waals surface area (Å²) in [6.07, 6.45) is 1.54. The minimum Gasteiger partial charge on any atom is -0.349 e. The highest BCUT2D eigenvalue weighted by atomic mass is 32.2. The van der Waals surface area contributed by atoms with Gasteiger partial charge in [-0.15, -0.1) is 6.58 Å². The zero-order valence-corrected chi connectivity index (χ0v) is 10.3. The molecular formula is C11H14N2O3S. The molecule has 6 heteroatoms. The van der Waals surface area contributed by atoms with Gasteiger partial charge in [-0.3, -0.25) is 4.79 Å². The van der Waals surface area contributed by atoms with Gasteiger partial charge in [-0.1, -0.05) is 12.1 Å². The van der Waals surface area contributed by atoms with E-state index in [2.05, 4.69) is 11.9 Å². The standard InChI is InChI=1S/C11H14N2O3S/c1-3-6-13-11(14)10-7-9(17(12,15)16)5-4-8(10)2/h3-5,7H,1,6H2,2H3,(H,13,14)(H2,12,15,16). The number of amides is 1. The van der Waals surface area contributed by atoms with Crippen molar-refractivity contribution in [3.63, 3.8) is 0 Å². The first-order chi connectivity index (χ1) is 7.86. The number of carbonyl (C=O) groups excluding carboxylic acids is 1. The molecule has 0 bridgehead atoms. The van der Waals surface area contributed by atoms with E-state index in [0.29, 0.717) is 17.7 Å². The van der Waals surface area contributed by atoms with E-state index >= 15 is 0 Å². The fourth-order valence-electron chi connectivity index (χ4n) is 1.28. The Labute approximate surface area is 100 Å². The number of aryl methyl sites for hydroxylation is 1. The maximum Gasteiger partial charge on any atom is 0.251 e. The molecule has 0 saturated heterocycles. The van der Waals surface area contributed by atoms with Crippen molar-refractivity contribution in [1.29, 1.82) is 0 Å². The minimum absolute atomic E-state index is 0.0770. The summed E-state index contributed by atoms with van der Waals surface area (Å²) >= 11 is 0. The van der Waals surface area contributed by atoms with Gasteiger partial charge in [-0.25, -0.2) is 13.6 Å². The van der Waals surface area contributed by atoms with Crippen LogP contribution in [-0.4, -0.2) is 20.9 Å². The van der Waals surface area contributed by atoms with Crippen LogP contribution in [-0.2, 0) is 10.0 Å². The number of primary sulfonamides is 1. The van der Waals surface area contributed by atoms with Crippen LogP contribution in [0.1, 0.15) is 15.9 Å². The molecule has 0 spiro atoms. The Bertz CT molecular complexity index is 550. The topological polar surface area (TPSA) is 89.3 Å². The molecule has 3 N–H and O–H groups in total. The van der Waals surface area contributed by atoms with Crippen LogP contribution in [0.4, 0.5) is 0 Å². The molecule has 1 aromatic rings. The summed E-state index contributed by atoms with van der Waals surface area (Å²) < 4.78 is 22.3. The largest absolute Gasteiger partial charge is 0.349 e. The fourth-order valence-corrected chi connectivity index (χ4v) is 1.82. The monoisotopic (exact) mass is 254 g/mol. The predicted octanol–water partition coefficient (Wildman–Crippen LogP) is 0.558. The second-order valence-electron chi connectivity index (χ2n) is 3.52.